The number of rotatable bonds is 3. The lowest BCUT2D eigenvalue weighted by molar-refractivity contribution is -0.145. The van der Waals surface area contributed by atoms with Gasteiger partial charge in [0.15, 0.2) is 11.6 Å². The monoisotopic (exact) mass is 461 g/mol. The molecule has 0 unspecified atom stereocenters. The van der Waals surface area contributed by atoms with E-state index in [0.29, 0.717) is 36.5 Å². The summed E-state index contributed by atoms with van der Waals surface area (Å²) >= 11 is 0. The average molecular weight is 462 g/mol. The number of aromatic nitrogens is 2. The summed E-state index contributed by atoms with van der Waals surface area (Å²) < 4.78 is 28.6. The number of benzene rings is 1. The van der Waals surface area contributed by atoms with Crippen LogP contribution in [0.2, 0.25) is 0 Å². The van der Waals surface area contributed by atoms with Gasteiger partial charge in [-0.3, -0.25) is 4.79 Å². The van der Waals surface area contributed by atoms with Crippen molar-refractivity contribution >= 4 is 11.9 Å². The van der Waals surface area contributed by atoms with Crippen LogP contribution in [-0.2, 0) is 17.8 Å². The highest BCUT2D eigenvalue weighted by Gasteiger charge is 2.40. The van der Waals surface area contributed by atoms with Crippen LogP contribution >= 0.6 is 0 Å². The smallest absolute Gasteiger partial charge is 0.343 e. The van der Waals surface area contributed by atoms with Crippen LogP contribution < -0.4 is 5.32 Å². The number of likely N-dealkylation sites (N-methyl/N-ethyl adjacent to an activating group) is 1. The fourth-order valence-corrected chi connectivity index (χ4v) is 4.25. The van der Waals surface area contributed by atoms with Crippen molar-refractivity contribution in [2.45, 2.75) is 45.9 Å². The van der Waals surface area contributed by atoms with Crippen LogP contribution in [0.4, 0.5) is 13.6 Å². The first-order valence-electron chi connectivity index (χ1n) is 11.0. The molecule has 1 atom stereocenters. The quantitative estimate of drug-likeness (QED) is 0.730. The van der Waals surface area contributed by atoms with E-state index >= 15 is 0 Å². The van der Waals surface area contributed by atoms with Crippen molar-refractivity contribution in [3.63, 3.8) is 0 Å². The predicted octanol–water partition coefficient (Wildman–Crippen LogP) is 1.99. The van der Waals surface area contributed by atoms with Gasteiger partial charge in [-0.05, 0) is 30.7 Å². The first-order chi connectivity index (χ1) is 15.5. The van der Waals surface area contributed by atoms with Gasteiger partial charge in [0, 0.05) is 43.7 Å². The first-order valence-corrected chi connectivity index (χ1v) is 11.0. The van der Waals surface area contributed by atoms with E-state index in [1.807, 2.05) is 27.8 Å². The van der Waals surface area contributed by atoms with E-state index in [1.165, 1.54) is 15.6 Å². The molecule has 2 aliphatic rings. The fraction of sp³-hybridized carbons (Fsp3) is 0.522. The molecule has 0 spiro atoms. The molecule has 2 aliphatic heterocycles. The van der Waals surface area contributed by atoms with Gasteiger partial charge in [0.05, 0.1) is 17.5 Å². The van der Waals surface area contributed by atoms with Gasteiger partial charge >= 0.3 is 6.03 Å². The molecule has 0 bridgehead atoms. The van der Waals surface area contributed by atoms with Crippen LogP contribution in [-0.4, -0.2) is 75.5 Å². The van der Waals surface area contributed by atoms with E-state index in [1.54, 1.807) is 0 Å². The number of aliphatic hydroxyl groups excluding tert-OH is 1. The molecule has 178 valence electrons. The number of likely N-dealkylation sites (tertiary alicyclic amines) is 1. The summed E-state index contributed by atoms with van der Waals surface area (Å²) in [7, 11) is 1.94. The fourth-order valence-electron chi connectivity index (χ4n) is 4.25. The summed E-state index contributed by atoms with van der Waals surface area (Å²) in [5, 5.41) is 16.9. The summed E-state index contributed by atoms with van der Waals surface area (Å²) in [5.74, 6) is -2.20. The summed E-state index contributed by atoms with van der Waals surface area (Å²) in [4.78, 5) is 29.9. The molecule has 3 heterocycles. The second kappa shape index (κ2) is 8.49. The maximum Gasteiger partial charge on any atom is 0.343 e. The van der Waals surface area contributed by atoms with Gasteiger partial charge < -0.3 is 20.2 Å². The van der Waals surface area contributed by atoms with Gasteiger partial charge in [-0.25, -0.2) is 13.6 Å². The SMILES string of the molecule is CN1CCc2c(c(-c3ccc(F)c(F)c3)nn2C(=O)N[C@H](C(=O)N2CC(O)C2)C(C)(C)C)C1. The molecule has 0 aliphatic carbocycles. The highest BCUT2D eigenvalue weighted by Crippen LogP contribution is 2.31. The zero-order valence-corrected chi connectivity index (χ0v) is 19.2. The Kier molecular flexibility index (Phi) is 6.00. The van der Waals surface area contributed by atoms with Crippen LogP contribution in [0.1, 0.15) is 32.0 Å². The lowest BCUT2D eigenvalue weighted by Crippen LogP contribution is -2.62. The van der Waals surface area contributed by atoms with Crippen molar-refractivity contribution in [1.29, 1.82) is 0 Å². The summed E-state index contributed by atoms with van der Waals surface area (Å²) in [6.45, 7) is 7.25. The molecule has 8 nitrogen and oxygen atoms in total. The zero-order chi connectivity index (χ0) is 24.1. The van der Waals surface area contributed by atoms with Gasteiger partial charge in [0.2, 0.25) is 5.91 Å². The molecule has 0 saturated carbocycles. The molecule has 1 aromatic carbocycles. The van der Waals surface area contributed by atoms with Crippen molar-refractivity contribution in [1.82, 2.24) is 24.9 Å². The third-order valence-corrected chi connectivity index (χ3v) is 6.19. The standard InChI is InChI=1S/C23H29F2N5O3/c1-23(2,3)20(21(32)29-10-14(31)11-29)26-22(33)30-18-7-8-28(4)12-15(18)19(27-30)13-5-6-16(24)17(25)9-13/h5-6,9,14,20,31H,7-8,10-12H2,1-4H3,(H,26,33)/t20-/m1/s1. The summed E-state index contributed by atoms with van der Waals surface area (Å²) in [6, 6.07) is 2.17. The van der Waals surface area contributed by atoms with Gasteiger partial charge in [-0.15, -0.1) is 0 Å². The van der Waals surface area contributed by atoms with Crippen molar-refractivity contribution < 1.29 is 23.5 Å². The second-order valence-electron chi connectivity index (χ2n) is 9.95. The Balaban J connectivity index is 1.68. The van der Waals surface area contributed by atoms with Crippen molar-refractivity contribution in [2.24, 2.45) is 5.41 Å². The Labute approximate surface area is 191 Å². The molecule has 2 N–H and O–H groups in total. The number of halogens is 2. The molecule has 1 fully saturated rings. The number of fused-ring (bicyclic) bond motifs is 1. The molecule has 10 heteroatoms. The lowest BCUT2D eigenvalue weighted by Gasteiger charge is -2.41. The molecule has 2 aromatic rings. The van der Waals surface area contributed by atoms with Crippen LogP contribution in [0.25, 0.3) is 11.3 Å². The highest BCUT2D eigenvalue weighted by molar-refractivity contribution is 5.89. The summed E-state index contributed by atoms with van der Waals surface area (Å²) in [5.41, 5.74) is 1.67. The van der Waals surface area contributed by atoms with Crippen LogP contribution in [0.15, 0.2) is 18.2 Å². The number of hydrogen-bond acceptors (Lipinski definition) is 5. The Morgan fingerprint density at radius 1 is 1.21 bits per heavy atom. The van der Waals surface area contributed by atoms with Crippen molar-refractivity contribution in [2.75, 3.05) is 26.7 Å². The number of carbonyl (C=O) groups excluding carboxylic acids is 2. The Morgan fingerprint density at radius 3 is 2.52 bits per heavy atom. The number of hydrogen-bond donors (Lipinski definition) is 2. The molecule has 0 radical (unpaired) electrons. The molecule has 4 rings (SSSR count). The van der Waals surface area contributed by atoms with E-state index < -0.39 is 35.2 Å². The number of β-amino-alcohol motifs (C(OH)–C–C–N with tert-alkyl or cyclic N) is 1. The molecule has 2 amide bonds. The van der Waals surface area contributed by atoms with Gasteiger partial charge in [0.1, 0.15) is 6.04 Å². The third-order valence-electron chi connectivity index (χ3n) is 6.19. The van der Waals surface area contributed by atoms with Gasteiger partial charge in [-0.2, -0.15) is 9.78 Å². The first kappa shape index (κ1) is 23.3. The Hall–Kier alpha value is -2.85. The van der Waals surface area contributed by atoms with Crippen molar-refractivity contribution in [3.8, 4) is 11.3 Å². The van der Waals surface area contributed by atoms with Crippen molar-refractivity contribution in [3.05, 3.63) is 41.1 Å². The van der Waals surface area contributed by atoms with E-state index in [-0.39, 0.29) is 19.0 Å². The van der Waals surface area contributed by atoms with E-state index in [0.717, 1.165) is 17.7 Å². The zero-order valence-electron chi connectivity index (χ0n) is 19.2. The number of nitrogens with one attached hydrogen (secondary N) is 1. The number of amides is 2. The Bertz CT molecular complexity index is 1090. The minimum Gasteiger partial charge on any atom is -0.389 e. The largest absolute Gasteiger partial charge is 0.389 e. The minimum atomic E-state index is -0.987. The van der Waals surface area contributed by atoms with Crippen LogP contribution in [0.5, 0.6) is 0 Å². The molecular formula is C23H29F2N5O3. The maximum absolute atomic E-state index is 13.9. The Morgan fingerprint density at radius 2 is 1.91 bits per heavy atom. The van der Waals surface area contributed by atoms with Crippen LogP contribution in [0, 0.1) is 17.0 Å². The highest BCUT2D eigenvalue weighted by atomic mass is 19.2. The number of nitrogens with zero attached hydrogens (tertiary/aromatic N) is 4. The van der Waals surface area contributed by atoms with Gasteiger partial charge in [0.25, 0.3) is 0 Å². The topological polar surface area (TPSA) is 90.7 Å². The summed E-state index contributed by atoms with van der Waals surface area (Å²) in [6.07, 6.45) is 0.00149. The lowest BCUT2D eigenvalue weighted by atomic mass is 9.85. The van der Waals surface area contributed by atoms with Gasteiger partial charge in [-0.1, -0.05) is 20.8 Å². The van der Waals surface area contributed by atoms with Crippen LogP contribution in [0.3, 0.4) is 0 Å². The predicted molar refractivity (Wildman–Crippen MR) is 117 cm³/mol. The number of aliphatic hydroxyl groups is 1. The van der Waals surface area contributed by atoms with E-state index in [9.17, 15) is 23.5 Å². The average Bonchev–Trinajstić information content (AvgIpc) is 3.09. The van der Waals surface area contributed by atoms with E-state index in [2.05, 4.69) is 15.3 Å². The number of carbonyl (C=O) groups is 2. The molecule has 1 saturated heterocycles. The molecule has 1 aromatic heterocycles. The normalized spacial score (nSPS) is 18.0. The molecular weight excluding hydrogens is 432 g/mol. The second-order valence-corrected chi connectivity index (χ2v) is 9.95. The maximum atomic E-state index is 13.9. The molecule has 33 heavy (non-hydrogen) atoms. The van der Waals surface area contributed by atoms with E-state index in [4.69, 9.17) is 0 Å². The minimum absolute atomic E-state index is 0.241. The third kappa shape index (κ3) is 4.49.